The quantitative estimate of drug-likeness (QED) is 0.173. The molecule has 0 saturated carbocycles. The normalized spacial score (nSPS) is 13.8. The lowest BCUT2D eigenvalue weighted by atomic mass is 9.98. The minimum atomic E-state index is -1.39. The van der Waals surface area contributed by atoms with Gasteiger partial charge in [-0.25, -0.2) is 4.79 Å². The van der Waals surface area contributed by atoms with Crippen LogP contribution in [0.1, 0.15) is 44.2 Å². The molecule has 2 aromatic rings. The third-order valence-electron chi connectivity index (χ3n) is 6.24. The number of carbonyl (C=O) groups excluding carboxylic acids is 4. The van der Waals surface area contributed by atoms with Crippen LogP contribution in [-0.2, 0) is 36.9 Å². The molecule has 7 N–H and O–H groups in total. The van der Waals surface area contributed by atoms with Crippen LogP contribution in [0.5, 0.6) is 0 Å². The number of hydrogen-bond acceptors (Lipinski definition) is 7. The molecule has 12 heteroatoms. The van der Waals surface area contributed by atoms with E-state index in [0.717, 1.165) is 11.1 Å². The van der Waals surface area contributed by atoms with Gasteiger partial charge in [0.15, 0.2) is 0 Å². The summed E-state index contributed by atoms with van der Waals surface area (Å²) in [6.45, 7) is 3.34. The zero-order valence-electron chi connectivity index (χ0n) is 23.1. The molecule has 0 aliphatic carbocycles. The molecule has 0 heterocycles. The number of primary amides is 1. The Bertz CT molecular complexity index is 1160. The number of hydrogen-bond donors (Lipinski definition) is 6. The second-order valence-corrected chi connectivity index (χ2v) is 9.96. The Kier molecular flexibility index (Phi) is 13.3. The van der Waals surface area contributed by atoms with Crippen molar-refractivity contribution in [1.82, 2.24) is 16.0 Å². The van der Waals surface area contributed by atoms with Crippen molar-refractivity contribution in [2.75, 3.05) is 0 Å². The molecular weight excluding hydrogens is 532 g/mol. The Morgan fingerprint density at radius 2 is 1.46 bits per heavy atom. The lowest BCUT2D eigenvalue weighted by molar-refractivity contribution is -0.138. The molecule has 2 aromatic carbocycles. The first-order chi connectivity index (χ1) is 19.5. The van der Waals surface area contributed by atoms with E-state index in [1.54, 1.807) is 62.4 Å². The summed E-state index contributed by atoms with van der Waals surface area (Å²) in [4.78, 5) is 61.1. The molecule has 0 unspecified atom stereocenters. The second kappa shape index (κ2) is 16.6. The largest absolute Gasteiger partial charge is 0.481 e. The highest BCUT2D eigenvalue weighted by Crippen LogP contribution is 2.11. The molecule has 41 heavy (non-hydrogen) atoms. The Hall–Kier alpha value is -4.45. The maximum absolute atomic E-state index is 12.9. The highest BCUT2D eigenvalue weighted by molar-refractivity contribution is 5.92. The summed E-state index contributed by atoms with van der Waals surface area (Å²) in [6, 6.07) is 14.7. The average Bonchev–Trinajstić information content (AvgIpc) is 2.93. The van der Waals surface area contributed by atoms with Gasteiger partial charge in [-0.05, 0) is 29.9 Å². The van der Waals surface area contributed by atoms with Gasteiger partial charge >= 0.3 is 12.1 Å². The molecule has 0 radical (unpaired) electrons. The topological polar surface area (TPSA) is 197 Å². The number of benzene rings is 2. The van der Waals surface area contributed by atoms with Crippen molar-refractivity contribution >= 4 is 29.8 Å². The SMILES string of the molecule is CC(C)[C@H](NC(=O)[C@H](CCC(=O)O)NC(=O)C[C@H](O)[C@H](Cc1ccccc1)NC(=O)OCc1ccccc1)C(N)=O. The van der Waals surface area contributed by atoms with E-state index in [2.05, 4.69) is 16.0 Å². The lowest BCUT2D eigenvalue weighted by Gasteiger charge is -2.26. The van der Waals surface area contributed by atoms with Crippen molar-refractivity contribution in [2.45, 2.75) is 70.4 Å². The molecular formula is C29H38N4O8. The highest BCUT2D eigenvalue weighted by Gasteiger charge is 2.30. The van der Waals surface area contributed by atoms with E-state index in [1.807, 2.05) is 12.1 Å². The van der Waals surface area contributed by atoms with Gasteiger partial charge in [0.2, 0.25) is 17.7 Å². The Labute approximate surface area is 238 Å². The summed E-state index contributed by atoms with van der Waals surface area (Å²) in [5.74, 6) is -3.86. The van der Waals surface area contributed by atoms with Crippen molar-refractivity contribution in [3.05, 3.63) is 71.8 Å². The summed E-state index contributed by atoms with van der Waals surface area (Å²) in [7, 11) is 0. The maximum Gasteiger partial charge on any atom is 0.407 e. The average molecular weight is 571 g/mol. The number of aliphatic hydroxyl groups excluding tert-OH is 1. The number of aliphatic carboxylic acids is 1. The van der Waals surface area contributed by atoms with E-state index in [1.165, 1.54) is 0 Å². The Morgan fingerprint density at radius 3 is 2.00 bits per heavy atom. The van der Waals surface area contributed by atoms with E-state index >= 15 is 0 Å². The fourth-order valence-corrected chi connectivity index (χ4v) is 4.01. The molecule has 4 amide bonds. The number of ether oxygens (including phenoxy) is 1. The van der Waals surface area contributed by atoms with Crippen LogP contribution < -0.4 is 21.7 Å². The predicted octanol–water partition coefficient (Wildman–Crippen LogP) is 1.25. The smallest absolute Gasteiger partial charge is 0.407 e. The summed E-state index contributed by atoms with van der Waals surface area (Å²) in [5.41, 5.74) is 6.90. The number of rotatable bonds is 16. The number of carboxylic acids is 1. The van der Waals surface area contributed by atoms with Gasteiger partial charge in [-0.15, -0.1) is 0 Å². The van der Waals surface area contributed by atoms with Gasteiger partial charge in [0, 0.05) is 6.42 Å². The van der Waals surface area contributed by atoms with Crippen molar-refractivity contribution in [3.8, 4) is 0 Å². The summed E-state index contributed by atoms with van der Waals surface area (Å²) < 4.78 is 5.27. The maximum atomic E-state index is 12.9. The van der Waals surface area contributed by atoms with Crippen LogP contribution in [-0.4, -0.2) is 64.2 Å². The molecule has 0 saturated heterocycles. The highest BCUT2D eigenvalue weighted by atomic mass is 16.5. The molecule has 0 aliphatic rings. The monoisotopic (exact) mass is 570 g/mol. The van der Waals surface area contributed by atoms with E-state index in [0.29, 0.717) is 0 Å². The van der Waals surface area contributed by atoms with Crippen LogP contribution in [0.15, 0.2) is 60.7 Å². The van der Waals surface area contributed by atoms with Crippen LogP contribution >= 0.6 is 0 Å². The van der Waals surface area contributed by atoms with E-state index in [9.17, 15) is 29.1 Å². The predicted molar refractivity (Wildman–Crippen MR) is 149 cm³/mol. The molecule has 2 rings (SSSR count). The first kappa shape index (κ1) is 32.8. The minimum Gasteiger partial charge on any atom is -0.481 e. The molecule has 0 aliphatic heterocycles. The van der Waals surface area contributed by atoms with Crippen molar-refractivity contribution in [1.29, 1.82) is 0 Å². The first-order valence-electron chi connectivity index (χ1n) is 13.3. The van der Waals surface area contributed by atoms with Gasteiger partial charge < -0.3 is 36.6 Å². The molecule has 0 bridgehead atoms. The lowest BCUT2D eigenvalue weighted by Crippen LogP contribution is -2.55. The number of amides is 4. The third-order valence-corrected chi connectivity index (χ3v) is 6.24. The van der Waals surface area contributed by atoms with Gasteiger partial charge in [0.25, 0.3) is 0 Å². The van der Waals surface area contributed by atoms with Gasteiger partial charge in [-0.3, -0.25) is 19.2 Å². The van der Waals surface area contributed by atoms with Crippen LogP contribution in [0.3, 0.4) is 0 Å². The van der Waals surface area contributed by atoms with E-state index in [-0.39, 0.29) is 25.4 Å². The van der Waals surface area contributed by atoms with Crippen molar-refractivity contribution in [2.24, 2.45) is 11.7 Å². The number of alkyl carbamates (subject to hydrolysis) is 1. The molecule has 0 fully saturated rings. The third kappa shape index (κ3) is 12.1. The van der Waals surface area contributed by atoms with Gasteiger partial charge in [-0.2, -0.15) is 0 Å². The minimum absolute atomic E-state index is 0.00432. The Balaban J connectivity index is 2.10. The number of nitrogens with two attached hydrogens (primary N) is 1. The molecule has 12 nitrogen and oxygen atoms in total. The van der Waals surface area contributed by atoms with E-state index < -0.39 is 66.9 Å². The number of carboxylic acid groups (broad SMARTS) is 1. The van der Waals surface area contributed by atoms with Crippen LogP contribution in [0.4, 0.5) is 4.79 Å². The van der Waals surface area contributed by atoms with Crippen LogP contribution in [0, 0.1) is 5.92 Å². The summed E-state index contributed by atoms with van der Waals surface area (Å²) in [6.07, 6.45) is -3.22. The summed E-state index contributed by atoms with van der Waals surface area (Å²) in [5, 5.41) is 27.5. The zero-order valence-corrected chi connectivity index (χ0v) is 23.1. The second-order valence-electron chi connectivity index (χ2n) is 9.96. The van der Waals surface area contributed by atoms with Gasteiger partial charge in [0.05, 0.1) is 18.6 Å². The number of carbonyl (C=O) groups is 5. The molecule has 222 valence electrons. The van der Waals surface area contributed by atoms with Crippen LogP contribution in [0.2, 0.25) is 0 Å². The first-order valence-corrected chi connectivity index (χ1v) is 13.3. The van der Waals surface area contributed by atoms with Gasteiger partial charge in [0.1, 0.15) is 18.7 Å². The number of aliphatic hydroxyl groups is 1. The fraction of sp³-hybridized carbons (Fsp3) is 0.414. The van der Waals surface area contributed by atoms with E-state index in [4.69, 9.17) is 15.6 Å². The number of nitrogens with one attached hydrogen (secondary N) is 3. The molecule has 4 atom stereocenters. The standard InChI is InChI=1S/C29H38N4O8/c1-18(2)26(27(30)38)33-28(39)21(13-14-25(36)37)31-24(35)16-23(34)22(15-19-9-5-3-6-10-19)32-29(40)41-17-20-11-7-4-8-12-20/h3-12,18,21-23,26,34H,13-17H2,1-2H3,(H2,30,38)(H,31,35)(H,32,40)(H,33,39)(H,36,37)/t21-,22-,23-,26-/m0/s1. The Morgan fingerprint density at radius 1 is 0.878 bits per heavy atom. The summed E-state index contributed by atoms with van der Waals surface area (Å²) >= 11 is 0. The van der Waals surface area contributed by atoms with Crippen molar-refractivity contribution < 1.29 is 38.9 Å². The van der Waals surface area contributed by atoms with Gasteiger partial charge in [-0.1, -0.05) is 74.5 Å². The molecule has 0 spiro atoms. The van der Waals surface area contributed by atoms with Crippen LogP contribution in [0.25, 0.3) is 0 Å². The molecule has 0 aromatic heterocycles. The fourth-order valence-electron chi connectivity index (χ4n) is 4.01. The zero-order chi connectivity index (χ0) is 30.4. The van der Waals surface area contributed by atoms with Crippen molar-refractivity contribution in [3.63, 3.8) is 0 Å².